The fourth-order valence-electron chi connectivity index (χ4n) is 1.73. The number of nitrogens with two attached hydrogens (primary N) is 1. The molecular formula is C14H14BrClN2O. The summed E-state index contributed by atoms with van der Waals surface area (Å²) in [6, 6.07) is 7.44. The first-order chi connectivity index (χ1) is 9.06. The van der Waals surface area contributed by atoms with Crippen LogP contribution in [0.2, 0.25) is 5.02 Å². The molecule has 0 amide bonds. The number of benzene rings is 1. The number of rotatable bonds is 4. The summed E-state index contributed by atoms with van der Waals surface area (Å²) in [4.78, 5) is 4.06. The van der Waals surface area contributed by atoms with Crippen molar-refractivity contribution in [2.75, 3.05) is 0 Å². The lowest BCUT2D eigenvalue weighted by Gasteiger charge is -2.14. The Morgan fingerprint density at radius 3 is 2.89 bits per heavy atom. The van der Waals surface area contributed by atoms with Gasteiger partial charge in [0.05, 0.1) is 6.20 Å². The zero-order chi connectivity index (χ0) is 13.8. The van der Waals surface area contributed by atoms with E-state index in [1.165, 1.54) is 0 Å². The van der Waals surface area contributed by atoms with E-state index in [0.717, 1.165) is 10.0 Å². The average Bonchev–Trinajstić information content (AvgIpc) is 2.33. The minimum absolute atomic E-state index is 0.0166. The molecular weight excluding hydrogens is 328 g/mol. The highest BCUT2D eigenvalue weighted by molar-refractivity contribution is 9.10. The van der Waals surface area contributed by atoms with E-state index >= 15 is 0 Å². The van der Waals surface area contributed by atoms with Crippen molar-refractivity contribution in [2.45, 2.75) is 19.4 Å². The molecule has 0 bridgehead atoms. The highest BCUT2D eigenvalue weighted by Crippen LogP contribution is 2.31. The lowest BCUT2D eigenvalue weighted by molar-refractivity contribution is 0.471. The Balaban J connectivity index is 2.31. The Labute approximate surface area is 125 Å². The van der Waals surface area contributed by atoms with Crippen LogP contribution in [0.1, 0.15) is 12.5 Å². The first-order valence-electron chi connectivity index (χ1n) is 5.87. The molecule has 0 aliphatic heterocycles. The third kappa shape index (κ3) is 3.93. The van der Waals surface area contributed by atoms with Gasteiger partial charge in [0, 0.05) is 27.3 Å². The second-order valence-electron chi connectivity index (χ2n) is 4.34. The van der Waals surface area contributed by atoms with Gasteiger partial charge in [-0.2, -0.15) is 0 Å². The van der Waals surface area contributed by atoms with Crippen LogP contribution in [0.4, 0.5) is 0 Å². The normalized spacial score (nSPS) is 12.2. The van der Waals surface area contributed by atoms with E-state index in [9.17, 15) is 0 Å². The van der Waals surface area contributed by atoms with Crippen molar-refractivity contribution in [1.82, 2.24) is 4.98 Å². The van der Waals surface area contributed by atoms with E-state index in [-0.39, 0.29) is 6.04 Å². The molecule has 0 saturated heterocycles. The molecule has 100 valence electrons. The lowest BCUT2D eigenvalue weighted by atomic mass is 10.1. The molecule has 2 N–H and O–H groups in total. The summed E-state index contributed by atoms with van der Waals surface area (Å²) in [5, 5.41) is 0.665. The van der Waals surface area contributed by atoms with Crippen molar-refractivity contribution < 1.29 is 4.74 Å². The number of aromatic nitrogens is 1. The number of halogens is 2. The van der Waals surface area contributed by atoms with Gasteiger partial charge in [0.1, 0.15) is 11.5 Å². The topological polar surface area (TPSA) is 48.1 Å². The second kappa shape index (κ2) is 6.37. The van der Waals surface area contributed by atoms with E-state index in [4.69, 9.17) is 22.1 Å². The maximum absolute atomic E-state index is 6.21. The van der Waals surface area contributed by atoms with Gasteiger partial charge >= 0.3 is 0 Å². The monoisotopic (exact) mass is 340 g/mol. The standard InChI is InChI=1S/C14H14BrClN2O/c1-9(17)5-12-13(16)3-2-4-14(12)19-11-6-10(15)7-18-8-11/h2-4,6-9H,5,17H2,1H3. The Bertz CT molecular complexity index is 575. The zero-order valence-electron chi connectivity index (χ0n) is 10.4. The van der Waals surface area contributed by atoms with Crippen molar-refractivity contribution >= 4 is 27.5 Å². The Kier molecular flexibility index (Phi) is 4.80. The molecule has 0 fully saturated rings. The second-order valence-corrected chi connectivity index (χ2v) is 5.66. The van der Waals surface area contributed by atoms with E-state index in [1.54, 1.807) is 12.4 Å². The fourth-order valence-corrected chi connectivity index (χ4v) is 2.32. The molecule has 3 nitrogen and oxygen atoms in total. The van der Waals surface area contributed by atoms with Crippen LogP contribution in [0, 0.1) is 0 Å². The van der Waals surface area contributed by atoms with Crippen LogP contribution in [-0.2, 0) is 6.42 Å². The van der Waals surface area contributed by atoms with E-state index in [0.29, 0.717) is 22.9 Å². The lowest BCUT2D eigenvalue weighted by Crippen LogP contribution is -2.18. The van der Waals surface area contributed by atoms with Gasteiger partial charge < -0.3 is 10.5 Å². The molecule has 19 heavy (non-hydrogen) atoms. The number of hydrogen-bond acceptors (Lipinski definition) is 3. The third-order valence-corrected chi connectivity index (χ3v) is 3.30. The first kappa shape index (κ1) is 14.3. The van der Waals surface area contributed by atoms with Gasteiger partial charge in [-0.15, -0.1) is 0 Å². The SMILES string of the molecule is CC(N)Cc1c(Cl)cccc1Oc1cncc(Br)c1. The smallest absolute Gasteiger partial charge is 0.146 e. The van der Waals surface area contributed by atoms with Crippen molar-refractivity contribution in [3.05, 3.63) is 51.7 Å². The molecule has 0 radical (unpaired) electrons. The minimum Gasteiger partial charge on any atom is -0.455 e. The zero-order valence-corrected chi connectivity index (χ0v) is 12.8. The van der Waals surface area contributed by atoms with Crippen LogP contribution in [0.15, 0.2) is 41.1 Å². The van der Waals surface area contributed by atoms with Gasteiger partial charge in [-0.3, -0.25) is 4.98 Å². The summed E-state index contributed by atoms with van der Waals surface area (Å²) in [6.07, 6.45) is 4.02. The van der Waals surface area contributed by atoms with Crippen molar-refractivity contribution in [3.8, 4) is 11.5 Å². The Hall–Kier alpha value is -1.10. The fraction of sp³-hybridized carbons (Fsp3) is 0.214. The van der Waals surface area contributed by atoms with Gasteiger partial charge in [0.2, 0.25) is 0 Å². The molecule has 1 atom stereocenters. The third-order valence-electron chi connectivity index (χ3n) is 2.51. The predicted octanol–water partition coefficient (Wildman–Crippen LogP) is 4.18. The molecule has 1 aromatic heterocycles. The number of pyridine rings is 1. The van der Waals surface area contributed by atoms with E-state index in [1.807, 2.05) is 31.2 Å². The van der Waals surface area contributed by atoms with Gasteiger partial charge in [0.15, 0.2) is 0 Å². The molecule has 0 saturated carbocycles. The Morgan fingerprint density at radius 1 is 1.42 bits per heavy atom. The summed E-state index contributed by atoms with van der Waals surface area (Å²) in [6.45, 7) is 1.94. The molecule has 0 spiro atoms. The highest BCUT2D eigenvalue weighted by atomic mass is 79.9. The summed E-state index contributed by atoms with van der Waals surface area (Å²) < 4.78 is 6.70. The predicted molar refractivity (Wildman–Crippen MR) is 80.8 cm³/mol. The molecule has 2 rings (SSSR count). The number of nitrogens with zero attached hydrogens (tertiary/aromatic N) is 1. The number of ether oxygens (including phenoxy) is 1. The molecule has 2 aromatic rings. The summed E-state index contributed by atoms with van der Waals surface area (Å²) in [5.74, 6) is 1.37. The van der Waals surface area contributed by atoms with Gasteiger partial charge in [-0.1, -0.05) is 17.7 Å². The molecule has 1 heterocycles. The molecule has 1 aromatic carbocycles. The average molecular weight is 342 g/mol. The van der Waals surface area contributed by atoms with Crippen LogP contribution in [0.5, 0.6) is 11.5 Å². The maximum atomic E-state index is 6.21. The molecule has 1 unspecified atom stereocenters. The number of hydrogen-bond donors (Lipinski definition) is 1. The van der Waals surface area contributed by atoms with E-state index < -0.39 is 0 Å². The van der Waals surface area contributed by atoms with Gasteiger partial charge in [0.25, 0.3) is 0 Å². The molecule has 5 heteroatoms. The van der Waals surface area contributed by atoms with Gasteiger partial charge in [-0.05, 0) is 47.5 Å². The van der Waals surface area contributed by atoms with Crippen LogP contribution in [0.25, 0.3) is 0 Å². The van der Waals surface area contributed by atoms with Crippen LogP contribution < -0.4 is 10.5 Å². The van der Waals surface area contributed by atoms with Gasteiger partial charge in [-0.25, -0.2) is 0 Å². The van der Waals surface area contributed by atoms with E-state index in [2.05, 4.69) is 20.9 Å². The highest BCUT2D eigenvalue weighted by Gasteiger charge is 2.11. The maximum Gasteiger partial charge on any atom is 0.146 e. The summed E-state index contributed by atoms with van der Waals surface area (Å²) in [7, 11) is 0. The van der Waals surface area contributed by atoms with Crippen molar-refractivity contribution in [2.24, 2.45) is 5.73 Å². The Morgan fingerprint density at radius 2 is 2.21 bits per heavy atom. The first-order valence-corrected chi connectivity index (χ1v) is 7.04. The molecule has 0 aliphatic carbocycles. The minimum atomic E-state index is 0.0166. The summed E-state index contributed by atoms with van der Waals surface area (Å²) in [5.41, 5.74) is 6.76. The summed E-state index contributed by atoms with van der Waals surface area (Å²) >= 11 is 9.57. The van der Waals surface area contributed by atoms with Crippen molar-refractivity contribution in [1.29, 1.82) is 0 Å². The molecule has 0 aliphatic rings. The quantitative estimate of drug-likeness (QED) is 0.907. The largest absolute Gasteiger partial charge is 0.455 e. The van der Waals surface area contributed by atoms with Crippen LogP contribution in [0.3, 0.4) is 0 Å². The van der Waals surface area contributed by atoms with Crippen LogP contribution in [-0.4, -0.2) is 11.0 Å². The van der Waals surface area contributed by atoms with Crippen molar-refractivity contribution in [3.63, 3.8) is 0 Å². The van der Waals surface area contributed by atoms with Crippen LogP contribution >= 0.6 is 27.5 Å².